The van der Waals surface area contributed by atoms with Crippen LogP contribution in [0.25, 0.3) is 16.6 Å². The second kappa shape index (κ2) is 10.0. The lowest BCUT2D eigenvalue weighted by molar-refractivity contribution is -0.132. The molecule has 10 radical (unpaired) electrons. The lowest BCUT2D eigenvalue weighted by Gasteiger charge is -2.53. The number of carbonyl (C=O) groups excluding carboxylic acids is 1. The van der Waals surface area contributed by atoms with Crippen LogP contribution >= 0.6 is 0 Å². The average molecular weight is 508 g/mol. The summed E-state index contributed by atoms with van der Waals surface area (Å²) in [5.41, 5.74) is 5.57. The van der Waals surface area contributed by atoms with Gasteiger partial charge in [-0.15, -0.1) is 5.11 Å². The maximum atomic E-state index is 12.5. The monoisotopic (exact) mass is 508 g/mol. The van der Waals surface area contributed by atoms with Crippen molar-refractivity contribution in [2.24, 2.45) is 5.92 Å². The van der Waals surface area contributed by atoms with E-state index in [1.807, 2.05) is 20.5 Å². The van der Waals surface area contributed by atoms with Crippen LogP contribution in [-0.4, -0.2) is 122 Å². The molecule has 2 saturated heterocycles. The summed E-state index contributed by atoms with van der Waals surface area (Å²) in [7, 11) is 29.7. The minimum absolute atomic E-state index is 0.276. The molecule has 2 aliphatic heterocycles. The molecule has 1 aromatic carbocycles. The van der Waals surface area contributed by atoms with Crippen LogP contribution in [0.15, 0.2) is 48.8 Å². The Kier molecular flexibility index (Phi) is 6.81. The van der Waals surface area contributed by atoms with Crippen LogP contribution in [0.5, 0.6) is 0 Å². The first-order chi connectivity index (χ1) is 18.6. The molecule has 1 amide bonds. The lowest BCUT2D eigenvalue weighted by atomic mass is 9.26. The number of hydrogen-bond acceptors (Lipinski definition) is 5. The Hall–Kier alpha value is -2.74. The van der Waals surface area contributed by atoms with E-state index in [-0.39, 0.29) is 5.92 Å². The van der Waals surface area contributed by atoms with Crippen LogP contribution in [0.1, 0.15) is 12.8 Å². The Morgan fingerprint density at radius 3 is 2.05 bits per heavy atom. The normalized spacial score (nSPS) is 19.5. The van der Waals surface area contributed by atoms with Crippen LogP contribution in [0.2, 0.25) is 5.11 Å². The zero-order valence-electron chi connectivity index (χ0n) is 22.2. The molecular formula is C27H29B5N6O. The first kappa shape index (κ1) is 26.5. The number of hydrogen-bond donors (Lipinski definition) is 0. The van der Waals surface area contributed by atoms with E-state index in [4.69, 9.17) is 39.2 Å². The third-order valence-corrected chi connectivity index (χ3v) is 8.41. The van der Waals surface area contributed by atoms with Crippen LogP contribution in [0.3, 0.4) is 0 Å². The highest BCUT2D eigenvalue weighted by Gasteiger charge is 2.37. The van der Waals surface area contributed by atoms with Gasteiger partial charge in [0.05, 0.1) is 50.4 Å². The highest BCUT2D eigenvalue weighted by molar-refractivity contribution is 6.67. The Morgan fingerprint density at radius 2 is 1.44 bits per heavy atom. The minimum atomic E-state index is -1.70. The summed E-state index contributed by atoms with van der Waals surface area (Å²) in [5.74, 6) is 0.610. The summed E-state index contributed by atoms with van der Waals surface area (Å²) in [5, 5.41) is 1.37. The number of benzene rings is 1. The van der Waals surface area contributed by atoms with Gasteiger partial charge in [-0.1, -0.05) is 17.5 Å². The first-order valence-electron chi connectivity index (χ1n) is 13.7. The molecule has 39 heavy (non-hydrogen) atoms. The van der Waals surface area contributed by atoms with Gasteiger partial charge in [-0.05, 0) is 42.7 Å². The van der Waals surface area contributed by atoms with Crippen molar-refractivity contribution in [3.05, 3.63) is 48.8 Å². The summed E-state index contributed by atoms with van der Waals surface area (Å²) in [6.07, 6.45) is 6.02. The van der Waals surface area contributed by atoms with Crippen molar-refractivity contribution in [1.29, 1.82) is 0 Å². The fourth-order valence-corrected chi connectivity index (χ4v) is 5.65. The number of carbonyl (C=O) groups is 1. The molecule has 6 rings (SSSR count). The molecule has 1 saturated carbocycles. The van der Waals surface area contributed by atoms with E-state index in [1.54, 1.807) is 0 Å². The first-order valence-corrected chi connectivity index (χ1v) is 13.7. The predicted molar refractivity (Wildman–Crippen MR) is 160 cm³/mol. The minimum Gasteiger partial charge on any atom is -0.369 e. The summed E-state index contributed by atoms with van der Waals surface area (Å²) in [4.78, 5) is 21.0. The molecule has 7 nitrogen and oxygen atoms in total. The van der Waals surface area contributed by atoms with Crippen molar-refractivity contribution in [1.82, 2.24) is 19.4 Å². The van der Waals surface area contributed by atoms with E-state index in [1.165, 1.54) is 0 Å². The highest BCUT2D eigenvalue weighted by Crippen LogP contribution is 2.34. The predicted octanol–water partition coefficient (Wildman–Crippen LogP) is 0.752. The Morgan fingerprint density at radius 1 is 0.795 bits per heavy atom. The number of nitrogens with zero attached hydrogens (tertiary/aromatic N) is 6. The smallest absolute Gasteiger partial charge is 0.225 e. The second-order valence-electron chi connectivity index (χ2n) is 11.1. The van der Waals surface area contributed by atoms with Crippen molar-refractivity contribution >= 4 is 62.0 Å². The van der Waals surface area contributed by atoms with Crippen LogP contribution < -0.4 is 9.80 Å². The quantitative estimate of drug-likeness (QED) is 0.461. The van der Waals surface area contributed by atoms with E-state index >= 15 is 0 Å². The second-order valence-corrected chi connectivity index (χ2v) is 11.1. The maximum absolute atomic E-state index is 12.5. The van der Waals surface area contributed by atoms with Gasteiger partial charge in [-0.3, -0.25) is 4.79 Å². The molecule has 188 valence electrons. The van der Waals surface area contributed by atoms with Gasteiger partial charge in [-0.2, -0.15) is 5.10 Å². The molecule has 1 aliphatic carbocycles. The molecule has 12 heteroatoms. The number of anilines is 2. The van der Waals surface area contributed by atoms with Gasteiger partial charge in [0.1, 0.15) is 0 Å². The zero-order valence-corrected chi connectivity index (χ0v) is 22.2. The molecule has 2 aromatic heterocycles. The topological polar surface area (TPSA) is 47.3 Å². The van der Waals surface area contributed by atoms with E-state index in [0.717, 1.165) is 80.1 Å². The van der Waals surface area contributed by atoms with Crippen molar-refractivity contribution in [2.45, 2.75) is 23.3 Å². The number of rotatable bonds is 6. The highest BCUT2D eigenvalue weighted by atomic mass is 16.2. The molecule has 3 aromatic rings. The molecule has 3 fully saturated rings. The number of fused-ring (bicyclic) bond motifs is 1. The van der Waals surface area contributed by atoms with Crippen molar-refractivity contribution in [3.8, 4) is 11.1 Å². The van der Waals surface area contributed by atoms with Gasteiger partial charge >= 0.3 is 0 Å². The van der Waals surface area contributed by atoms with Crippen LogP contribution in [0, 0.1) is 5.92 Å². The molecule has 0 unspecified atom stereocenters. The molecule has 0 N–H and O–H groups in total. The van der Waals surface area contributed by atoms with Gasteiger partial charge in [0.15, 0.2) is 0 Å². The van der Waals surface area contributed by atoms with E-state index < -0.39 is 10.5 Å². The fraction of sp³-hybridized carbons (Fsp3) is 0.481. The fourth-order valence-electron chi connectivity index (χ4n) is 5.65. The number of amides is 1. The van der Waals surface area contributed by atoms with Crippen LogP contribution in [0.4, 0.5) is 11.4 Å². The molecular weight excluding hydrogens is 478 g/mol. The Labute approximate surface area is 237 Å². The van der Waals surface area contributed by atoms with Gasteiger partial charge < -0.3 is 19.6 Å². The van der Waals surface area contributed by atoms with Gasteiger partial charge in [0, 0.05) is 81.9 Å². The summed E-state index contributed by atoms with van der Waals surface area (Å²) in [6, 6.07) is 12.8. The molecule has 0 atom stereocenters. The van der Waals surface area contributed by atoms with Gasteiger partial charge in [0.2, 0.25) is 5.91 Å². The van der Waals surface area contributed by atoms with E-state index in [2.05, 4.69) is 57.5 Å². The largest absolute Gasteiger partial charge is 0.369 e. The zero-order chi connectivity index (χ0) is 27.4. The summed E-state index contributed by atoms with van der Waals surface area (Å²) >= 11 is 0. The third kappa shape index (κ3) is 5.12. The molecule has 4 heterocycles. The van der Waals surface area contributed by atoms with E-state index in [9.17, 15) is 4.79 Å². The van der Waals surface area contributed by atoms with Crippen molar-refractivity contribution < 1.29 is 4.79 Å². The van der Waals surface area contributed by atoms with Crippen LogP contribution in [-0.2, 0) is 4.79 Å². The average Bonchev–Trinajstić information content (AvgIpc) is 3.70. The third-order valence-electron chi connectivity index (χ3n) is 8.41. The molecule has 0 spiro atoms. The Bertz CT molecular complexity index is 1340. The maximum Gasteiger partial charge on any atom is 0.225 e. The van der Waals surface area contributed by atoms with Crippen molar-refractivity contribution in [2.75, 3.05) is 62.2 Å². The number of aromatic nitrogens is 2. The standard InChI is InChI=1S/C27H29B5N6O/c28-26(29,30)27(31,32)37-15-13-34(14-16-37)22-5-3-19(4-6-22)21-17-24-23(7-8-33-38(24)18-21)35-9-11-36(12-10-35)25(39)20-1-2-20/h3-8,17-18,20H,1-2,9-16H2. The molecule has 3 aliphatic rings. The van der Waals surface area contributed by atoms with E-state index in [0.29, 0.717) is 19.0 Å². The SMILES string of the molecule is [B]C([B])([B])C([B])([B])N1CCN(c2ccc(-c3cc4c(N5CCN(C(=O)C6CC6)CC5)ccnn4c3)cc2)CC1. The van der Waals surface area contributed by atoms with Gasteiger partial charge in [-0.25, -0.2) is 4.52 Å². The lowest BCUT2D eigenvalue weighted by Crippen LogP contribution is -2.64. The number of piperazine rings is 2. The molecule has 0 bridgehead atoms. The Balaban J connectivity index is 1.13. The summed E-state index contributed by atoms with van der Waals surface area (Å²) in [6.45, 7) is 5.88. The summed E-state index contributed by atoms with van der Waals surface area (Å²) < 4.78 is 1.94. The van der Waals surface area contributed by atoms with Crippen molar-refractivity contribution in [3.63, 3.8) is 0 Å². The van der Waals surface area contributed by atoms with Gasteiger partial charge in [0.25, 0.3) is 0 Å².